The first kappa shape index (κ1) is 26.7. The third kappa shape index (κ3) is 4.03. The lowest BCUT2D eigenvalue weighted by molar-refractivity contribution is 1.04. The molecule has 0 radical (unpaired) electrons. The summed E-state index contributed by atoms with van der Waals surface area (Å²) in [6, 6.07) is 53.4. The van der Waals surface area contributed by atoms with Gasteiger partial charge >= 0.3 is 0 Å². The summed E-state index contributed by atoms with van der Waals surface area (Å²) >= 11 is 0. The van der Waals surface area contributed by atoms with E-state index in [0.29, 0.717) is 5.82 Å². The molecular formula is C44H26N4. The lowest BCUT2D eigenvalue weighted by atomic mass is 9.93. The zero-order valence-corrected chi connectivity index (χ0v) is 25.8. The predicted molar refractivity (Wildman–Crippen MR) is 199 cm³/mol. The predicted octanol–water partition coefficient (Wildman–Crippen LogP) is 11.2. The van der Waals surface area contributed by atoms with E-state index >= 15 is 0 Å². The Bertz CT molecular complexity index is 2840. The van der Waals surface area contributed by atoms with E-state index in [0.717, 1.165) is 70.9 Å². The van der Waals surface area contributed by atoms with Crippen molar-refractivity contribution in [3.05, 3.63) is 158 Å². The summed E-state index contributed by atoms with van der Waals surface area (Å²) in [6.07, 6.45) is 1.86. The van der Waals surface area contributed by atoms with E-state index in [1.54, 1.807) is 0 Å². The first-order valence-electron chi connectivity index (χ1n) is 16.2. The Morgan fingerprint density at radius 3 is 1.58 bits per heavy atom. The molecule has 2 aromatic heterocycles. The van der Waals surface area contributed by atoms with Crippen molar-refractivity contribution in [3.8, 4) is 33.6 Å². The van der Waals surface area contributed by atoms with Gasteiger partial charge in [-0.1, -0.05) is 133 Å². The molecular weight excluding hydrogens is 585 g/mol. The normalized spacial score (nSPS) is 11.8. The molecule has 222 valence electrons. The van der Waals surface area contributed by atoms with Gasteiger partial charge in [-0.05, 0) is 67.4 Å². The van der Waals surface area contributed by atoms with Crippen molar-refractivity contribution in [1.29, 1.82) is 0 Å². The standard InChI is InChI=1S/C44H26N4/c1-3-11-27(12-4-1)29-20-22-35-38(25-29)39-26-30(28-13-5-2-6-14-28)21-23-36(39)43-42(35)46-44(48-47-43)37-18-9-17-33-31-15-7-8-16-32(31)34-19-10-24-45-41(34)40(33)37/h1-26H. The second-order valence-corrected chi connectivity index (χ2v) is 12.3. The minimum absolute atomic E-state index is 0.587. The molecule has 0 bridgehead atoms. The van der Waals surface area contributed by atoms with Crippen LogP contribution in [0.2, 0.25) is 0 Å². The molecule has 0 spiro atoms. The Labute approximate surface area is 276 Å². The third-order valence-corrected chi connectivity index (χ3v) is 9.60. The van der Waals surface area contributed by atoms with E-state index in [2.05, 4.69) is 146 Å². The Hall–Kier alpha value is -6.52. The van der Waals surface area contributed by atoms with Crippen LogP contribution in [0.1, 0.15) is 0 Å². The van der Waals surface area contributed by atoms with Crippen molar-refractivity contribution in [2.24, 2.45) is 0 Å². The van der Waals surface area contributed by atoms with Gasteiger partial charge in [0.15, 0.2) is 5.82 Å². The highest BCUT2D eigenvalue weighted by Gasteiger charge is 2.19. The molecule has 10 rings (SSSR count). The van der Waals surface area contributed by atoms with Crippen LogP contribution in [0.5, 0.6) is 0 Å². The molecule has 48 heavy (non-hydrogen) atoms. The molecule has 0 aliphatic carbocycles. The van der Waals surface area contributed by atoms with E-state index in [1.807, 2.05) is 12.3 Å². The molecule has 0 amide bonds. The lowest BCUT2D eigenvalue weighted by Gasteiger charge is -2.14. The number of hydrogen-bond acceptors (Lipinski definition) is 4. The van der Waals surface area contributed by atoms with E-state index in [-0.39, 0.29) is 0 Å². The largest absolute Gasteiger partial charge is 0.256 e. The quantitative estimate of drug-likeness (QED) is 0.187. The van der Waals surface area contributed by atoms with Crippen molar-refractivity contribution < 1.29 is 0 Å². The number of hydrogen-bond donors (Lipinski definition) is 0. The highest BCUT2D eigenvalue weighted by atomic mass is 15.2. The fourth-order valence-corrected chi connectivity index (χ4v) is 7.37. The van der Waals surface area contributed by atoms with Gasteiger partial charge in [0.25, 0.3) is 0 Å². The van der Waals surface area contributed by atoms with Crippen LogP contribution in [0.25, 0.3) is 98.7 Å². The smallest absolute Gasteiger partial charge is 0.183 e. The van der Waals surface area contributed by atoms with Gasteiger partial charge in [-0.2, -0.15) is 0 Å². The van der Waals surface area contributed by atoms with E-state index in [4.69, 9.17) is 20.2 Å². The van der Waals surface area contributed by atoms with Crippen molar-refractivity contribution in [2.45, 2.75) is 0 Å². The zero-order valence-electron chi connectivity index (χ0n) is 25.8. The van der Waals surface area contributed by atoms with Gasteiger partial charge in [0.1, 0.15) is 11.0 Å². The summed E-state index contributed by atoms with van der Waals surface area (Å²) < 4.78 is 0. The summed E-state index contributed by atoms with van der Waals surface area (Å²) in [4.78, 5) is 10.2. The molecule has 0 unspecified atom stereocenters. The second kappa shape index (κ2) is 10.5. The van der Waals surface area contributed by atoms with Crippen molar-refractivity contribution in [2.75, 3.05) is 0 Å². The molecule has 2 heterocycles. The molecule has 8 aromatic carbocycles. The minimum atomic E-state index is 0.587. The van der Waals surface area contributed by atoms with Gasteiger partial charge in [0.2, 0.25) is 0 Å². The fourth-order valence-electron chi connectivity index (χ4n) is 7.37. The van der Waals surface area contributed by atoms with Crippen LogP contribution in [-0.4, -0.2) is 20.2 Å². The van der Waals surface area contributed by atoms with Crippen LogP contribution >= 0.6 is 0 Å². The number of aromatic nitrogens is 4. The maximum atomic E-state index is 5.34. The third-order valence-electron chi connectivity index (χ3n) is 9.60. The zero-order chi connectivity index (χ0) is 31.6. The summed E-state index contributed by atoms with van der Waals surface area (Å²) in [5.41, 5.74) is 8.17. The number of pyridine rings is 1. The van der Waals surface area contributed by atoms with E-state index in [9.17, 15) is 0 Å². The molecule has 0 N–H and O–H groups in total. The topological polar surface area (TPSA) is 51.6 Å². The lowest BCUT2D eigenvalue weighted by Crippen LogP contribution is -1.98. The van der Waals surface area contributed by atoms with Crippen molar-refractivity contribution in [3.63, 3.8) is 0 Å². The van der Waals surface area contributed by atoms with Crippen LogP contribution < -0.4 is 0 Å². The first-order valence-corrected chi connectivity index (χ1v) is 16.2. The van der Waals surface area contributed by atoms with Crippen LogP contribution in [-0.2, 0) is 0 Å². The van der Waals surface area contributed by atoms with Crippen molar-refractivity contribution >= 4 is 65.0 Å². The van der Waals surface area contributed by atoms with Gasteiger partial charge < -0.3 is 0 Å². The molecule has 0 aliphatic heterocycles. The number of rotatable bonds is 3. The summed E-state index contributed by atoms with van der Waals surface area (Å²) in [7, 11) is 0. The van der Waals surface area contributed by atoms with E-state index < -0.39 is 0 Å². The minimum Gasteiger partial charge on any atom is -0.256 e. The number of benzene rings is 8. The molecule has 0 aliphatic rings. The van der Waals surface area contributed by atoms with Gasteiger partial charge in [-0.3, -0.25) is 4.98 Å². The molecule has 10 aromatic rings. The maximum Gasteiger partial charge on any atom is 0.183 e. The van der Waals surface area contributed by atoms with E-state index in [1.165, 1.54) is 21.9 Å². The molecule has 4 heteroatoms. The highest BCUT2D eigenvalue weighted by molar-refractivity contribution is 6.28. The van der Waals surface area contributed by atoms with Crippen LogP contribution in [0.15, 0.2) is 158 Å². The first-order chi connectivity index (χ1) is 23.8. The van der Waals surface area contributed by atoms with Gasteiger partial charge in [-0.15, -0.1) is 10.2 Å². The van der Waals surface area contributed by atoms with Gasteiger partial charge in [-0.25, -0.2) is 4.98 Å². The summed E-state index contributed by atoms with van der Waals surface area (Å²) in [5.74, 6) is 0.587. The molecule has 0 saturated heterocycles. The number of nitrogens with zero attached hydrogens (tertiary/aromatic N) is 4. The Balaban J connectivity index is 1.29. The molecule has 4 nitrogen and oxygen atoms in total. The Morgan fingerprint density at radius 2 is 0.896 bits per heavy atom. The SMILES string of the molecule is c1ccc(-c2ccc3c(c2)c2cc(-c4ccccc4)ccc2c2nc(-c4cccc5c6ccccc6c6cccnc6c45)nnc32)cc1. The van der Waals surface area contributed by atoms with Gasteiger partial charge in [0.05, 0.1) is 5.52 Å². The molecule has 0 atom stereocenters. The van der Waals surface area contributed by atoms with Crippen LogP contribution in [0, 0.1) is 0 Å². The van der Waals surface area contributed by atoms with Gasteiger partial charge in [0, 0.05) is 33.3 Å². The van der Waals surface area contributed by atoms with Crippen molar-refractivity contribution in [1.82, 2.24) is 20.2 Å². The highest BCUT2D eigenvalue weighted by Crippen LogP contribution is 2.41. The maximum absolute atomic E-state index is 5.34. The van der Waals surface area contributed by atoms with Crippen LogP contribution in [0.3, 0.4) is 0 Å². The Morgan fingerprint density at radius 1 is 0.333 bits per heavy atom. The summed E-state index contributed by atoms with van der Waals surface area (Å²) in [6.45, 7) is 0. The number of fused-ring (bicyclic) bond motifs is 12. The molecule has 0 fully saturated rings. The summed E-state index contributed by atoms with van der Waals surface area (Å²) in [5, 5.41) is 19.8. The average molecular weight is 611 g/mol. The monoisotopic (exact) mass is 610 g/mol. The second-order valence-electron chi connectivity index (χ2n) is 12.3. The average Bonchev–Trinajstić information content (AvgIpc) is 3.18. The fraction of sp³-hybridized carbons (Fsp3) is 0. The van der Waals surface area contributed by atoms with Crippen LogP contribution in [0.4, 0.5) is 0 Å². The Kier molecular flexibility index (Phi) is 5.84. The molecule has 0 saturated carbocycles.